The molecule has 1 heterocycles. The van der Waals surface area contributed by atoms with E-state index in [-0.39, 0.29) is 11.3 Å². The van der Waals surface area contributed by atoms with Gasteiger partial charge in [0.25, 0.3) is 0 Å². The molecule has 0 bridgehead atoms. The third-order valence-corrected chi connectivity index (χ3v) is 6.72. The fraction of sp³-hybridized carbons (Fsp3) is 0.333. The van der Waals surface area contributed by atoms with Crippen molar-refractivity contribution < 1.29 is 8.95 Å². The number of benzene rings is 1. The smallest absolute Gasteiger partial charge is 0.119 e. The summed E-state index contributed by atoms with van der Waals surface area (Å²) >= 11 is 1.56. The molecule has 0 radical (unpaired) electrons. The molecule has 0 aliphatic heterocycles. The zero-order valence-corrected chi connectivity index (χ0v) is 13.1. The van der Waals surface area contributed by atoms with Crippen LogP contribution in [-0.4, -0.2) is 23.6 Å². The van der Waals surface area contributed by atoms with Crippen LogP contribution in [0.4, 0.5) is 0 Å². The van der Waals surface area contributed by atoms with E-state index in [1.54, 1.807) is 18.4 Å². The summed E-state index contributed by atoms with van der Waals surface area (Å²) in [6.45, 7) is 0. The highest BCUT2D eigenvalue weighted by molar-refractivity contribution is 7.88. The number of nitrogens with one attached hydrogen (secondary N) is 1. The van der Waals surface area contributed by atoms with Gasteiger partial charge in [0.15, 0.2) is 0 Å². The van der Waals surface area contributed by atoms with Crippen LogP contribution in [0.15, 0.2) is 39.9 Å². The third kappa shape index (κ3) is 2.30. The fourth-order valence-corrected chi connectivity index (χ4v) is 5.52. The normalized spacial score (nSPS) is 22.5. The number of fused-ring (bicyclic) bond motifs is 1. The minimum Gasteiger partial charge on any atom is -0.497 e. The Balaban J connectivity index is 1.94. The Labute approximate surface area is 125 Å². The van der Waals surface area contributed by atoms with E-state index in [0.29, 0.717) is 0 Å². The van der Waals surface area contributed by atoms with Crippen molar-refractivity contribution in [2.45, 2.75) is 21.9 Å². The standard InChI is InChI=1S/C15H17NO2S2/c1-16-15-12-9-11(18-2)6-5-10(12)8-13(15)20(17)14-4-3-7-19-14/h3-7,9,13,15-16H,8H2,1-2H3. The molecule has 1 aromatic carbocycles. The van der Waals surface area contributed by atoms with Gasteiger partial charge in [-0.15, -0.1) is 11.3 Å². The summed E-state index contributed by atoms with van der Waals surface area (Å²) in [5, 5.41) is 5.38. The summed E-state index contributed by atoms with van der Waals surface area (Å²) < 4.78 is 19.0. The van der Waals surface area contributed by atoms with Crippen molar-refractivity contribution in [2.75, 3.05) is 14.2 Å². The molecule has 3 rings (SSSR count). The van der Waals surface area contributed by atoms with Crippen LogP contribution in [-0.2, 0) is 17.2 Å². The largest absolute Gasteiger partial charge is 0.497 e. The van der Waals surface area contributed by atoms with E-state index in [0.717, 1.165) is 16.4 Å². The first-order chi connectivity index (χ1) is 9.74. The van der Waals surface area contributed by atoms with Gasteiger partial charge >= 0.3 is 0 Å². The average molecular weight is 307 g/mol. The fourth-order valence-electron chi connectivity index (χ4n) is 2.78. The van der Waals surface area contributed by atoms with Crippen molar-refractivity contribution in [1.29, 1.82) is 0 Å². The van der Waals surface area contributed by atoms with Gasteiger partial charge in [-0.3, -0.25) is 4.21 Å². The molecular weight excluding hydrogens is 290 g/mol. The molecule has 0 saturated heterocycles. The molecule has 1 aliphatic rings. The van der Waals surface area contributed by atoms with Crippen molar-refractivity contribution >= 4 is 22.1 Å². The minimum absolute atomic E-state index is 0.0840. The Morgan fingerprint density at radius 1 is 1.40 bits per heavy atom. The zero-order chi connectivity index (χ0) is 14.1. The van der Waals surface area contributed by atoms with E-state index in [4.69, 9.17) is 4.74 Å². The first kappa shape index (κ1) is 13.8. The topological polar surface area (TPSA) is 38.3 Å². The van der Waals surface area contributed by atoms with Gasteiger partial charge in [-0.05, 0) is 48.2 Å². The molecule has 2 aromatic rings. The molecule has 106 valence electrons. The number of thiophene rings is 1. The van der Waals surface area contributed by atoms with Gasteiger partial charge in [0, 0.05) is 6.04 Å². The van der Waals surface area contributed by atoms with Crippen LogP contribution in [0.2, 0.25) is 0 Å². The number of hydrogen-bond donors (Lipinski definition) is 1. The molecule has 0 amide bonds. The second-order valence-corrected chi connectivity index (χ2v) is 7.65. The van der Waals surface area contributed by atoms with Gasteiger partial charge in [-0.2, -0.15) is 0 Å². The van der Waals surface area contributed by atoms with Gasteiger partial charge < -0.3 is 10.1 Å². The molecule has 1 N–H and O–H groups in total. The first-order valence-electron chi connectivity index (χ1n) is 6.52. The highest BCUT2D eigenvalue weighted by Gasteiger charge is 2.36. The Morgan fingerprint density at radius 2 is 2.25 bits per heavy atom. The lowest BCUT2D eigenvalue weighted by Gasteiger charge is -2.19. The van der Waals surface area contributed by atoms with Crippen LogP contribution in [0, 0.1) is 0 Å². The van der Waals surface area contributed by atoms with Crippen molar-refractivity contribution in [3.63, 3.8) is 0 Å². The van der Waals surface area contributed by atoms with Gasteiger partial charge in [-0.25, -0.2) is 0 Å². The Morgan fingerprint density at radius 3 is 2.90 bits per heavy atom. The average Bonchev–Trinajstić information content (AvgIpc) is 3.12. The lowest BCUT2D eigenvalue weighted by molar-refractivity contribution is 0.413. The summed E-state index contributed by atoms with van der Waals surface area (Å²) in [5.74, 6) is 0.853. The van der Waals surface area contributed by atoms with Gasteiger partial charge in [0.05, 0.1) is 27.4 Å². The van der Waals surface area contributed by atoms with Crippen molar-refractivity contribution in [2.24, 2.45) is 0 Å². The lowest BCUT2D eigenvalue weighted by atomic mass is 10.1. The van der Waals surface area contributed by atoms with Gasteiger partial charge in [-0.1, -0.05) is 12.1 Å². The van der Waals surface area contributed by atoms with E-state index in [2.05, 4.69) is 17.4 Å². The Hall–Kier alpha value is -1.17. The maximum absolute atomic E-state index is 12.8. The molecule has 0 spiro atoms. The molecular formula is C15H17NO2S2. The maximum Gasteiger partial charge on any atom is 0.119 e. The first-order valence-corrected chi connectivity index (χ1v) is 8.62. The number of rotatable bonds is 4. The molecule has 0 saturated carbocycles. The molecule has 3 unspecified atom stereocenters. The van der Waals surface area contributed by atoms with Crippen LogP contribution in [0.1, 0.15) is 17.2 Å². The molecule has 3 atom stereocenters. The van der Waals surface area contributed by atoms with Crippen LogP contribution in [0.5, 0.6) is 5.75 Å². The van der Waals surface area contributed by atoms with E-state index in [1.165, 1.54) is 11.1 Å². The van der Waals surface area contributed by atoms with Crippen molar-refractivity contribution in [1.82, 2.24) is 5.32 Å². The molecule has 5 heteroatoms. The minimum atomic E-state index is -0.977. The summed E-state index contributed by atoms with van der Waals surface area (Å²) in [7, 11) is 2.62. The molecule has 20 heavy (non-hydrogen) atoms. The second-order valence-electron chi connectivity index (χ2n) is 4.80. The van der Waals surface area contributed by atoms with Crippen LogP contribution < -0.4 is 10.1 Å². The molecule has 0 fully saturated rings. The summed E-state index contributed by atoms with van der Waals surface area (Å²) in [6, 6.07) is 10.1. The molecule has 1 aromatic heterocycles. The van der Waals surface area contributed by atoms with Gasteiger partial charge in [0.1, 0.15) is 5.75 Å². The second kappa shape index (κ2) is 5.68. The van der Waals surface area contributed by atoms with E-state index in [1.807, 2.05) is 30.6 Å². The van der Waals surface area contributed by atoms with Crippen LogP contribution >= 0.6 is 11.3 Å². The third-order valence-electron chi connectivity index (χ3n) is 3.76. The molecule has 1 aliphatic carbocycles. The molecule has 3 nitrogen and oxygen atoms in total. The van der Waals surface area contributed by atoms with Gasteiger partial charge in [0.2, 0.25) is 0 Å². The predicted octanol–water partition coefficient (Wildman–Crippen LogP) is 2.75. The van der Waals surface area contributed by atoms with Crippen molar-refractivity contribution in [3.8, 4) is 5.75 Å². The van der Waals surface area contributed by atoms with E-state index < -0.39 is 10.8 Å². The Bertz CT molecular complexity index is 625. The summed E-state index contributed by atoms with van der Waals surface area (Å²) in [6.07, 6.45) is 0.843. The van der Waals surface area contributed by atoms with Crippen molar-refractivity contribution in [3.05, 3.63) is 46.8 Å². The monoisotopic (exact) mass is 307 g/mol. The highest BCUT2D eigenvalue weighted by atomic mass is 32.2. The van der Waals surface area contributed by atoms with Crippen LogP contribution in [0.3, 0.4) is 0 Å². The predicted molar refractivity (Wildman–Crippen MR) is 83.0 cm³/mol. The number of methoxy groups -OCH3 is 1. The SMILES string of the molecule is CNC1c2cc(OC)ccc2CC1S(=O)c1cccs1. The number of hydrogen-bond acceptors (Lipinski definition) is 4. The van der Waals surface area contributed by atoms with E-state index >= 15 is 0 Å². The number of ether oxygens (including phenoxy) is 1. The zero-order valence-electron chi connectivity index (χ0n) is 11.5. The Kier molecular flexibility index (Phi) is 3.92. The quantitative estimate of drug-likeness (QED) is 0.944. The lowest BCUT2D eigenvalue weighted by Crippen LogP contribution is -2.29. The summed E-state index contributed by atoms with van der Waals surface area (Å²) in [5.41, 5.74) is 2.47. The van der Waals surface area contributed by atoms with E-state index in [9.17, 15) is 4.21 Å². The summed E-state index contributed by atoms with van der Waals surface area (Å²) in [4.78, 5) is 0. The highest BCUT2D eigenvalue weighted by Crippen LogP contribution is 2.38. The maximum atomic E-state index is 12.8. The van der Waals surface area contributed by atoms with Crippen LogP contribution in [0.25, 0.3) is 0 Å².